The minimum Gasteiger partial charge on any atom is -0.497 e. The molecule has 4 aromatic rings. The van der Waals surface area contributed by atoms with Gasteiger partial charge in [0.2, 0.25) is 5.88 Å². The molecule has 0 aliphatic rings. The van der Waals surface area contributed by atoms with Crippen LogP contribution in [0.1, 0.15) is 25.2 Å². The molecule has 37 heavy (non-hydrogen) atoms. The number of methoxy groups -OCH3 is 1. The molecule has 8 heteroatoms. The van der Waals surface area contributed by atoms with Crippen molar-refractivity contribution in [3.8, 4) is 28.6 Å². The molecule has 0 radical (unpaired) electrons. The summed E-state index contributed by atoms with van der Waals surface area (Å²) in [6.45, 7) is 5.54. The maximum absolute atomic E-state index is 10.8. The molecule has 8 nitrogen and oxygen atoms in total. The number of rotatable bonds is 13. The van der Waals surface area contributed by atoms with Crippen LogP contribution in [0.25, 0.3) is 11.3 Å². The first kappa shape index (κ1) is 26.5. The average molecular weight is 506 g/mol. The third kappa shape index (κ3) is 7.22. The van der Waals surface area contributed by atoms with E-state index in [1.807, 2.05) is 87.6 Å². The lowest BCUT2D eigenvalue weighted by Crippen LogP contribution is -2.35. The fraction of sp³-hybridized carbons (Fsp3) is 0.345. The molecule has 1 N–H and O–H groups in total. The number of furan rings is 1. The Bertz CT molecular complexity index is 1220. The molecule has 0 aliphatic heterocycles. The number of aromatic nitrogens is 2. The zero-order valence-electron chi connectivity index (χ0n) is 21.8. The maximum atomic E-state index is 10.8. The molecule has 0 fully saturated rings. The lowest BCUT2D eigenvalue weighted by atomic mass is 10.1. The number of aryl methyl sites for hydroxylation is 1. The van der Waals surface area contributed by atoms with Crippen LogP contribution in [0.2, 0.25) is 0 Å². The van der Waals surface area contributed by atoms with Gasteiger partial charge in [0.25, 0.3) is 0 Å². The summed E-state index contributed by atoms with van der Waals surface area (Å²) in [7, 11) is 3.51. The van der Waals surface area contributed by atoms with Crippen molar-refractivity contribution in [1.82, 2.24) is 14.7 Å². The summed E-state index contributed by atoms with van der Waals surface area (Å²) in [6, 6.07) is 21.3. The quantitative estimate of drug-likeness (QED) is 0.265. The van der Waals surface area contributed by atoms with E-state index in [-0.39, 0.29) is 12.7 Å². The standard InChI is InChI=1S/C29H35N3O5/c1-21(2)36-20-23(33)17-32(18-26-11-8-16-35-26)19-27-28(22-9-6-5-7-10-22)30-31(3)29(27)37-25-14-12-24(34-4)13-15-25/h5-16,21,23,33H,17-20H2,1-4H3/t23-/m1/s1. The molecule has 0 amide bonds. The van der Waals surface area contributed by atoms with E-state index < -0.39 is 6.10 Å². The summed E-state index contributed by atoms with van der Waals surface area (Å²) in [4.78, 5) is 2.12. The molecule has 0 aliphatic carbocycles. The van der Waals surface area contributed by atoms with Gasteiger partial charge >= 0.3 is 0 Å². The Hall–Kier alpha value is -3.59. The Morgan fingerprint density at radius 2 is 1.70 bits per heavy atom. The zero-order chi connectivity index (χ0) is 26.2. The highest BCUT2D eigenvalue weighted by Gasteiger charge is 2.24. The second kappa shape index (κ2) is 12.6. The Morgan fingerprint density at radius 3 is 2.35 bits per heavy atom. The van der Waals surface area contributed by atoms with Crippen LogP contribution < -0.4 is 9.47 Å². The third-order valence-electron chi connectivity index (χ3n) is 5.84. The van der Waals surface area contributed by atoms with Gasteiger partial charge in [0.05, 0.1) is 44.3 Å². The van der Waals surface area contributed by atoms with Crippen molar-refractivity contribution >= 4 is 0 Å². The van der Waals surface area contributed by atoms with Crippen molar-refractivity contribution in [1.29, 1.82) is 0 Å². The average Bonchev–Trinajstić information content (AvgIpc) is 3.52. The summed E-state index contributed by atoms with van der Waals surface area (Å²) >= 11 is 0. The molecular formula is C29H35N3O5. The first-order valence-electron chi connectivity index (χ1n) is 12.4. The topological polar surface area (TPSA) is 82.1 Å². The van der Waals surface area contributed by atoms with Crippen molar-refractivity contribution in [2.45, 2.75) is 39.1 Å². The number of ether oxygens (including phenoxy) is 3. The first-order chi connectivity index (χ1) is 17.9. The number of nitrogens with zero attached hydrogens (tertiary/aromatic N) is 3. The molecule has 0 bridgehead atoms. The van der Waals surface area contributed by atoms with Gasteiger partial charge in [0.15, 0.2) is 0 Å². The van der Waals surface area contributed by atoms with E-state index in [4.69, 9.17) is 23.7 Å². The molecule has 0 spiro atoms. The molecular weight excluding hydrogens is 470 g/mol. The van der Waals surface area contributed by atoms with Gasteiger partial charge in [0.1, 0.15) is 23.0 Å². The first-order valence-corrected chi connectivity index (χ1v) is 12.4. The zero-order valence-corrected chi connectivity index (χ0v) is 21.8. The van der Waals surface area contributed by atoms with Gasteiger partial charge < -0.3 is 23.7 Å². The smallest absolute Gasteiger partial charge is 0.222 e. The van der Waals surface area contributed by atoms with Crippen LogP contribution in [-0.4, -0.2) is 52.3 Å². The lowest BCUT2D eigenvalue weighted by Gasteiger charge is -2.25. The molecule has 196 valence electrons. The highest BCUT2D eigenvalue weighted by Crippen LogP contribution is 2.35. The van der Waals surface area contributed by atoms with Crippen LogP contribution in [0, 0.1) is 0 Å². The van der Waals surface area contributed by atoms with Gasteiger partial charge in [0, 0.05) is 25.7 Å². The predicted octanol–water partition coefficient (Wildman–Crippen LogP) is 5.27. The van der Waals surface area contributed by atoms with Gasteiger partial charge in [-0.15, -0.1) is 0 Å². The van der Waals surface area contributed by atoms with E-state index in [0.29, 0.717) is 31.3 Å². The van der Waals surface area contributed by atoms with Crippen LogP contribution in [-0.2, 0) is 24.9 Å². The van der Waals surface area contributed by atoms with Gasteiger partial charge in [-0.1, -0.05) is 30.3 Å². The number of hydrogen-bond acceptors (Lipinski definition) is 7. The summed E-state index contributed by atoms with van der Waals surface area (Å²) in [5.74, 6) is 2.86. The van der Waals surface area contributed by atoms with Gasteiger partial charge in [-0.2, -0.15) is 5.10 Å². The van der Waals surface area contributed by atoms with E-state index in [2.05, 4.69) is 4.90 Å². The molecule has 4 rings (SSSR count). The highest BCUT2D eigenvalue weighted by molar-refractivity contribution is 5.65. The summed E-state index contributed by atoms with van der Waals surface area (Å²) in [5, 5.41) is 15.6. The monoisotopic (exact) mass is 505 g/mol. The molecule has 0 saturated heterocycles. The minimum atomic E-state index is -0.667. The fourth-order valence-corrected chi connectivity index (χ4v) is 4.09. The second-order valence-corrected chi connectivity index (χ2v) is 9.18. The van der Waals surface area contributed by atoms with Crippen LogP contribution in [0.5, 0.6) is 17.4 Å². The number of benzene rings is 2. The molecule has 2 aromatic heterocycles. The third-order valence-corrected chi connectivity index (χ3v) is 5.84. The predicted molar refractivity (Wildman–Crippen MR) is 142 cm³/mol. The Kier molecular flexibility index (Phi) is 9.00. The second-order valence-electron chi connectivity index (χ2n) is 9.18. The van der Waals surface area contributed by atoms with Crippen LogP contribution in [0.3, 0.4) is 0 Å². The Morgan fingerprint density at radius 1 is 0.973 bits per heavy atom. The van der Waals surface area contributed by atoms with E-state index in [0.717, 1.165) is 28.3 Å². The summed E-state index contributed by atoms with van der Waals surface area (Å²) < 4.78 is 24.7. The molecule has 2 aromatic carbocycles. The van der Waals surface area contributed by atoms with E-state index >= 15 is 0 Å². The van der Waals surface area contributed by atoms with E-state index in [1.165, 1.54) is 0 Å². The fourth-order valence-electron chi connectivity index (χ4n) is 4.09. The molecule has 0 saturated carbocycles. The van der Waals surface area contributed by atoms with E-state index in [9.17, 15) is 5.11 Å². The SMILES string of the molecule is COc1ccc(Oc2c(CN(Cc3ccco3)C[C@@H](O)COC(C)C)c(-c3ccccc3)nn2C)cc1. The van der Waals surface area contributed by atoms with Crippen molar-refractivity contribution in [2.24, 2.45) is 7.05 Å². The molecule has 2 heterocycles. The van der Waals surface area contributed by atoms with E-state index in [1.54, 1.807) is 18.1 Å². The largest absolute Gasteiger partial charge is 0.497 e. The van der Waals surface area contributed by atoms with Crippen LogP contribution >= 0.6 is 0 Å². The molecule has 0 unspecified atom stereocenters. The Balaban J connectivity index is 1.68. The maximum Gasteiger partial charge on any atom is 0.222 e. The normalized spacial score (nSPS) is 12.3. The number of aliphatic hydroxyl groups is 1. The summed E-state index contributed by atoms with van der Waals surface area (Å²) in [6.07, 6.45) is 1.03. The number of aliphatic hydroxyl groups excluding tert-OH is 1. The Labute approximate surface area is 218 Å². The van der Waals surface area contributed by atoms with Crippen molar-refractivity contribution in [2.75, 3.05) is 20.3 Å². The van der Waals surface area contributed by atoms with Gasteiger partial charge in [-0.25, -0.2) is 4.68 Å². The highest BCUT2D eigenvalue weighted by atomic mass is 16.5. The van der Waals surface area contributed by atoms with Gasteiger partial charge in [-0.3, -0.25) is 4.90 Å². The van der Waals surface area contributed by atoms with Crippen molar-refractivity contribution in [3.63, 3.8) is 0 Å². The van der Waals surface area contributed by atoms with Crippen molar-refractivity contribution < 1.29 is 23.7 Å². The van der Waals surface area contributed by atoms with Gasteiger partial charge in [-0.05, 0) is 50.2 Å². The molecule has 1 atom stereocenters. The lowest BCUT2D eigenvalue weighted by molar-refractivity contribution is -0.0114. The number of hydrogen-bond donors (Lipinski definition) is 1. The summed E-state index contributed by atoms with van der Waals surface area (Å²) in [5.41, 5.74) is 2.72. The van der Waals surface area contributed by atoms with Crippen LogP contribution in [0.4, 0.5) is 0 Å². The van der Waals surface area contributed by atoms with Crippen molar-refractivity contribution in [3.05, 3.63) is 84.3 Å². The van der Waals surface area contributed by atoms with Crippen LogP contribution in [0.15, 0.2) is 77.4 Å². The minimum absolute atomic E-state index is 0.0423.